The molecule has 4 rings (SSSR count). The zero-order chi connectivity index (χ0) is 18.1. The third kappa shape index (κ3) is 3.55. The van der Waals surface area contributed by atoms with Crippen molar-refractivity contribution in [3.8, 4) is 0 Å². The Kier molecular flexibility index (Phi) is 4.59. The van der Waals surface area contributed by atoms with Crippen LogP contribution in [0.25, 0.3) is 5.65 Å². The van der Waals surface area contributed by atoms with Gasteiger partial charge in [0, 0.05) is 62.6 Å². The molecule has 0 spiro atoms. The van der Waals surface area contributed by atoms with Crippen molar-refractivity contribution in [2.45, 2.75) is 20.3 Å². The molecule has 0 amide bonds. The average Bonchev–Trinajstić information content (AvgIpc) is 3.08. The van der Waals surface area contributed by atoms with Gasteiger partial charge in [0.1, 0.15) is 5.65 Å². The van der Waals surface area contributed by atoms with Crippen LogP contribution in [0.2, 0.25) is 0 Å². The predicted molar refractivity (Wildman–Crippen MR) is 109 cm³/mol. The lowest BCUT2D eigenvalue weighted by atomic mass is 10.1. The zero-order valence-corrected chi connectivity index (χ0v) is 16.0. The second-order valence-electron chi connectivity index (χ2n) is 6.90. The van der Waals surface area contributed by atoms with Gasteiger partial charge in [0.2, 0.25) is 0 Å². The van der Waals surface area contributed by atoms with Crippen LogP contribution in [-0.2, 0) is 6.42 Å². The maximum Gasteiger partial charge on any atom is 0.136 e. The Hall–Kier alpha value is -2.47. The van der Waals surface area contributed by atoms with Gasteiger partial charge < -0.3 is 14.2 Å². The minimum atomic E-state index is 0.749. The highest BCUT2D eigenvalue weighted by molar-refractivity contribution is 7.80. The summed E-state index contributed by atoms with van der Waals surface area (Å²) in [5.41, 5.74) is 5.59. The molecule has 1 aliphatic rings. The summed E-state index contributed by atoms with van der Waals surface area (Å²) in [4.78, 5) is 14.7. The summed E-state index contributed by atoms with van der Waals surface area (Å²) in [5, 5.41) is 0. The van der Waals surface area contributed by atoms with E-state index < -0.39 is 0 Å². The van der Waals surface area contributed by atoms with E-state index in [0.717, 1.165) is 54.6 Å². The fraction of sp³-hybridized carbons (Fsp3) is 0.350. The summed E-state index contributed by atoms with van der Waals surface area (Å²) in [7, 11) is 0. The molecule has 3 aromatic heterocycles. The van der Waals surface area contributed by atoms with Gasteiger partial charge in [0.05, 0.1) is 10.7 Å². The Bertz CT molecular complexity index is 920. The third-order valence-corrected chi connectivity index (χ3v) is 5.26. The van der Waals surface area contributed by atoms with Crippen LogP contribution in [0.15, 0.2) is 42.9 Å². The van der Waals surface area contributed by atoms with Crippen molar-refractivity contribution in [3.05, 3.63) is 59.8 Å². The molecule has 6 heteroatoms. The van der Waals surface area contributed by atoms with Crippen molar-refractivity contribution in [1.82, 2.24) is 19.3 Å². The fourth-order valence-corrected chi connectivity index (χ4v) is 3.92. The molecule has 134 valence electrons. The number of imidazole rings is 1. The Morgan fingerprint density at radius 1 is 1.12 bits per heavy atom. The van der Waals surface area contributed by atoms with Crippen molar-refractivity contribution in [2.75, 3.05) is 31.1 Å². The van der Waals surface area contributed by atoms with Gasteiger partial charge in [0.25, 0.3) is 0 Å². The average molecular weight is 366 g/mol. The number of aromatic nitrogens is 3. The normalized spacial score (nSPS) is 14.8. The summed E-state index contributed by atoms with van der Waals surface area (Å²) in [6.45, 7) is 7.99. The number of thiocarbonyl (C=S) groups is 1. The van der Waals surface area contributed by atoms with Gasteiger partial charge in [0.15, 0.2) is 0 Å². The van der Waals surface area contributed by atoms with Crippen LogP contribution in [0.1, 0.15) is 17.0 Å². The minimum absolute atomic E-state index is 0.749. The van der Waals surface area contributed by atoms with E-state index in [1.165, 1.54) is 11.3 Å². The van der Waals surface area contributed by atoms with Crippen LogP contribution in [0.3, 0.4) is 0 Å². The largest absolute Gasteiger partial charge is 0.367 e. The second-order valence-corrected chi connectivity index (χ2v) is 7.37. The maximum absolute atomic E-state index is 5.70. The summed E-state index contributed by atoms with van der Waals surface area (Å²) < 4.78 is 2.07. The number of pyridine rings is 2. The summed E-state index contributed by atoms with van der Waals surface area (Å²) in [5.74, 6) is 0. The van der Waals surface area contributed by atoms with Crippen LogP contribution in [0.5, 0.6) is 0 Å². The van der Waals surface area contributed by atoms with E-state index in [1.54, 1.807) is 0 Å². The molecule has 3 aromatic rings. The predicted octanol–water partition coefficient (Wildman–Crippen LogP) is 3.04. The Labute approximate surface area is 159 Å². The highest BCUT2D eigenvalue weighted by atomic mass is 32.1. The van der Waals surface area contributed by atoms with Gasteiger partial charge in [-0.05, 0) is 43.7 Å². The molecule has 26 heavy (non-hydrogen) atoms. The Morgan fingerprint density at radius 2 is 1.92 bits per heavy atom. The zero-order valence-electron chi connectivity index (χ0n) is 15.2. The van der Waals surface area contributed by atoms with Gasteiger partial charge in [-0.25, -0.2) is 4.98 Å². The first kappa shape index (κ1) is 17.0. The van der Waals surface area contributed by atoms with Gasteiger partial charge in [-0.3, -0.25) is 4.98 Å². The SMILES string of the molecule is Cc1cc(C)nc(CC(=S)N2CCN(c3ccc4nccn4c3)CC2)c1. The number of hydrogen-bond donors (Lipinski definition) is 0. The topological polar surface area (TPSA) is 36.7 Å². The number of nitrogens with zero attached hydrogens (tertiary/aromatic N) is 5. The van der Waals surface area contributed by atoms with E-state index in [1.807, 2.05) is 19.3 Å². The van der Waals surface area contributed by atoms with Crippen LogP contribution in [-0.4, -0.2) is 50.4 Å². The molecular formula is C20H23N5S. The summed E-state index contributed by atoms with van der Waals surface area (Å²) in [6.07, 6.45) is 6.71. The molecule has 1 fully saturated rings. The van der Waals surface area contributed by atoms with Crippen molar-refractivity contribution in [2.24, 2.45) is 0 Å². The van der Waals surface area contributed by atoms with Gasteiger partial charge in [-0.15, -0.1) is 0 Å². The van der Waals surface area contributed by atoms with E-state index >= 15 is 0 Å². The van der Waals surface area contributed by atoms with E-state index in [0.29, 0.717) is 0 Å². The third-order valence-electron chi connectivity index (χ3n) is 4.85. The monoisotopic (exact) mass is 365 g/mol. The lowest BCUT2D eigenvalue weighted by Crippen LogP contribution is -2.48. The van der Waals surface area contributed by atoms with E-state index in [9.17, 15) is 0 Å². The lowest BCUT2D eigenvalue weighted by Gasteiger charge is -2.37. The van der Waals surface area contributed by atoms with Crippen molar-refractivity contribution in [3.63, 3.8) is 0 Å². The van der Waals surface area contributed by atoms with Crippen LogP contribution < -0.4 is 4.90 Å². The number of fused-ring (bicyclic) bond motifs is 1. The first-order valence-corrected chi connectivity index (χ1v) is 9.39. The number of anilines is 1. The highest BCUT2D eigenvalue weighted by Gasteiger charge is 2.20. The number of hydrogen-bond acceptors (Lipinski definition) is 4. The molecule has 0 aromatic carbocycles. The molecule has 4 heterocycles. The molecule has 0 saturated carbocycles. The van der Waals surface area contributed by atoms with E-state index in [-0.39, 0.29) is 0 Å². The standard InChI is InChI=1S/C20H23N5S/c1-15-11-16(2)22-17(12-15)13-20(26)24-9-7-23(8-10-24)18-3-4-19-21-5-6-25(19)14-18/h3-6,11-12,14H,7-10,13H2,1-2H3. The van der Waals surface area contributed by atoms with Crippen molar-refractivity contribution in [1.29, 1.82) is 0 Å². The minimum Gasteiger partial charge on any atom is -0.367 e. The lowest BCUT2D eigenvalue weighted by molar-refractivity contribution is 0.386. The first-order valence-electron chi connectivity index (χ1n) is 8.98. The first-order chi connectivity index (χ1) is 12.6. The summed E-state index contributed by atoms with van der Waals surface area (Å²) >= 11 is 5.70. The molecule has 0 N–H and O–H groups in total. The maximum atomic E-state index is 5.70. The molecule has 1 saturated heterocycles. The second kappa shape index (κ2) is 7.03. The summed E-state index contributed by atoms with van der Waals surface area (Å²) in [6, 6.07) is 8.45. The van der Waals surface area contributed by atoms with Gasteiger partial charge in [-0.2, -0.15) is 0 Å². The van der Waals surface area contributed by atoms with Crippen LogP contribution in [0, 0.1) is 13.8 Å². The smallest absolute Gasteiger partial charge is 0.136 e. The number of piperazine rings is 1. The van der Waals surface area contributed by atoms with Crippen LogP contribution in [0.4, 0.5) is 5.69 Å². The molecule has 0 unspecified atom stereocenters. The Balaban J connectivity index is 1.38. The number of rotatable bonds is 3. The fourth-order valence-electron chi connectivity index (χ4n) is 3.59. The molecule has 5 nitrogen and oxygen atoms in total. The quantitative estimate of drug-likeness (QED) is 0.667. The van der Waals surface area contributed by atoms with Gasteiger partial charge in [-0.1, -0.05) is 12.2 Å². The van der Waals surface area contributed by atoms with E-state index in [2.05, 4.69) is 61.6 Å². The molecule has 0 atom stereocenters. The van der Waals surface area contributed by atoms with Crippen molar-refractivity contribution < 1.29 is 0 Å². The molecular weight excluding hydrogens is 342 g/mol. The molecule has 0 bridgehead atoms. The molecule has 0 radical (unpaired) electrons. The number of aryl methyl sites for hydroxylation is 2. The molecule has 1 aliphatic heterocycles. The Morgan fingerprint density at radius 3 is 2.69 bits per heavy atom. The molecule has 0 aliphatic carbocycles. The van der Waals surface area contributed by atoms with Crippen LogP contribution >= 0.6 is 12.2 Å². The van der Waals surface area contributed by atoms with E-state index in [4.69, 9.17) is 12.2 Å². The highest BCUT2D eigenvalue weighted by Crippen LogP contribution is 2.18. The van der Waals surface area contributed by atoms with Gasteiger partial charge >= 0.3 is 0 Å². The van der Waals surface area contributed by atoms with Crippen molar-refractivity contribution >= 4 is 28.5 Å².